The average molecular weight is 284 g/mol. The second-order valence-electron chi connectivity index (χ2n) is 6.27. The Labute approximate surface area is 120 Å². The molecule has 0 saturated carbocycles. The van der Waals surface area contributed by atoms with Gasteiger partial charge in [0.2, 0.25) is 5.91 Å². The number of carbonyl (C=O) groups excluding carboxylic acids is 2. The number of likely N-dealkylation sites (tertiary alicyclic amines) is 1. The van der Waals surface area contributed by atoms with Gasteiger partial charge in [-0.25, -0.2) is 4.79 Å². The minimum Gasteiger partial charge on any atom is -0.444 e. The van der Waals surface area contributed by atoms with Crippen molar-refractivity contribution in [3.63, 3.8) is 0 Å². The minimum absolute atomic E-state index is 0.0247. The Morgan fingerprint density at radius 3 is 2.40 bits per heavy atom. The van der Waals surface area contributed by atoms with Gasteiger partial charge in [0.25, 0.3) is 0 Å². The van der Waals surface area contributed by atoms with Crippen molar-refractivity contribution >= 4 is 12.0 Å². The fourth-order valence-electron chi connectivity index (χ4n) is 2.56. The van der Waals surface area contributed by atoms with Gasteiger partial charge in [-0.2, -0.15) is 0 Å². The molecule has 114 valence electrons. The van der Waals surface area contributed by atoms with Crippen molar-refractivity contribution in [3.05, 3.63) is 0 Å². The molecule has 6 nitrogen and oxygen atoms in total. The molecule has 2 heterocycles. The topological polar surface area (TPSA) is 59.1 Å². The predicted octanol–water partition coefficient (Wildman–Crippen LogP) is 1.24. The number of hydrogen-bond acceptors (Lipinski definition) is 4. The first-order chi connectivity index (χ1) is 9.38. The number of hydrogen-bond donors (Lipinski definition) is 0. The lowest BCUT2D eigenvalue weighted by molar-refractivity contribution is -0.140. The summed E-state index contributed by atoms with van der Waals surface area (Å²) >= 11 is 0. The third-order valence-corrected chi connectivity index (χ3v) is 3.49. The van der Waals surface area contributed by atoms with Crippen LogP contribution in [-0.2, 0) is 14.3 Å². The maximum atomic E-state index is 12.5. The molecule has 0 bridgehead atoms. The van der Waals surface area contributed by atoms with Crippen molar-refractivity contribution in [2.24, 2.45) is 0 Å². The third-order valence-electron chi connectivity index (χ3n) is 3.49. The predicted molar refractivity (Wildman–Crippen MR) is 73.4 cm³/mol. The monoisotopic (exact) mass is 284 g/mol. The van der Waals surface area contributed by atoms with Gasteiger partial charge in [-0.15, -0.1) is 0 Å². The highest BCUT2D eigenvalue weighted by atomic mass is 16.6. The van der Waals surface area contributed by atoms with Gasteiger partial charge in [0.1, 0.15) is 11.6 Å². The van der Waals surface area contributed by atoms with Crippen molar-refractivity contribution in [3.8, 4) is 0 Å². The SMILES string of the molecule is CC(C)(C)OC(=O)N1CCC[C@@H]1C(=O)N1CCOCC1. The fraction of sp³-hybridized carbons (Fsp3) is 0.857. The molecule has 0 N–H and O–H groups in total. The van der Waals surface area contributed by atoms with Gasteiger partial charge in [-0.1, -0.05) is 0 Å². The standard InChI is InChI=1S/C14H24N2O4/c1-14(2,3)20-13(18)16-6-4-5-11(16)12(17)15-7-9-19-10-8-15/h11H,4-10H2,1-3H3/t11-/m1/s1. The third kappa shape index (κ3) is 3.62. The van der Waals surface area contributed by atoms with Crippen LogP contribution in [0.25, 0.3) is 0 Å². The zero-order valence-corrected chi connectivity index (χ0v) is 12.6. The van der Waals surface area contributed by atoms with E-state index in [1.807, 2.05) is 20.8 Å². The van der Waals surface area contributed by atoms with Crippen molar-refractivity contribution in [2.75, 3.05) is 32.8 Å². The fourth-order valence-corrected chi connectivity index (χ4v) is 2.56. The Hall–Kier alpha value is -1.30. The first-order valence-corrected chi connectivity index (χ1v) is 7.24. The van der Waals surface area contributed by atoms with Crippen LogP contribution in [0, 0.1) is 0 Å². The van der Waals surface area contributed by atoms with E-state index in [-0.39, 0.29) is 18.0 Å². The number of ether oxygens (including phenoxy) is 2. The molecule has 0 spiro atoms. The van der Waals surface area contributed by atoms with E-state index in [4.69, 9.17) is 9.47 Å². The number of rotatable bonds is 1. The van der Waals surface area contributed by atoms with Gasteiger partial charge < -0.3 is 14.4 Å². The van der Waals surface area contributed by atoms with Gasteiger partial charge in [-0.05, 0) is 33.6 Å². The largest absolute Gasteiger partial charge is 0.444 e. The highest BCUT2D eigenvalue weighted by Gasteiger charge is 2.38. The molecule has 0 aromatic rings. The van der Waals surface area contributed by atoms with Gasteiger partial charge in [0, 0.05) is 19.6 Å². The highest BCUT2D eigenvalue weighted by Crippen LogP contribution is 2.22. The molecule has 2 aliphatic heterocycles. The maximum Gasteiger partial charge on any atom is 0.410 e. The summed E-state index contributed by atoms with van der Waals surface area (Å²) in [7, 11) is 0. The molecule has 2 fully saturated rings. The Kier molecular flexibility index (Phi) is 4.52. The molecule has 2 rings (SSSR count). The van der Waals surface area contributed by atoms with E-state index >= 15 is 0 Å². The average Bonchev–Trinajstić information content (AvgIpc) is 2.86. The zero-order valence-electron chi connectivity index (χ0n) is 12.6. The van der Waals surface area contributed by atoms with Crippen LogP contribution in [0.1, 0.15) is 33.6 Å². The molecule has 2 amide bonds. The minimum atomic E-state index is -0.535. The van der Waals surface area contributed by atoms with Gasteiger partial charge in [0.05, 0.1) is 13.2 Å². The molecular formula is C14H24N2O4. The second kappa shape index (κ2) is 5.99. The first kappa shape index (κ1) is 15.1. The van der Waals surface area contributed by atoms with Crippen LogP contribution in [0.15, 0.2) is 0 Å². The van der Waals surface area contributed by atoms with Crippen molar-refractivity contribution in [1.29, 1.82) is 0 Å². The summed E-state index contributed by atoms with van der Waals surface area (Å²) in [4.78, 5) is 28.0. The summed E-state index contributed by atoms with van der Waals surface area (Å²) in [5.74, 6) is 0.0247. The van der Waals surface area contributed by atoms with Gasteiger partial charge in [0.15, 0.2) is 0 Å². The van der Waals surface area contributed by atoms with E-state index in [1.165, 1.54) is 0 Å². The quantitative estimate of drug-likeness (QED) is 0.727. The smallest absolute Gasteiger partial charge is 0.410 e. The van der Waals surface area contributed by atoms with E-state index in [0.29, 0.717) is 32.8 Å². The van der Waals surface area contributed by atoms with Crippen LogP contribution in [0.4, 0.5) is 4.79 Å². The number of nitrogens with zero attached hydrogens (tertiary/aromatic N) is 2. The molecule has 2 saturated heterocycles. The van der Waals surface area contributed by atoms with Gasteiger partial charge in [-0.3, -0.25) is 9.69 Å². The maximum absolute atomic E-state index is 12.5. The highest BCUT2D eigenvalue weighted by molar-refractivity contribution is 5.86. The molecule has 0 unspecified atom stereocenters. The lowest BCUT2D eigenvalue weighted by Crippen LogP contribution is -2.51. The lowest BCUT2D eigenvalue weighted by atomic mass is 10.2. The number of amides is 2. The molecule has 1 atom stereocenters. The van der Waals surface area contributed by atoms with Crippen LogP contribution in [0.2, 0.25) is 0 Å². The molecular weight excluding hydrogens is 260 g/mol. The van der Waals surface area contributed by atoms with E-state index < -0.39 is 5.60 Å². The van der Waals surface area contributed by atoms with E-state index in [2.05, 4.69) is 0 Å². The summed E-state index contributed by atoms with van der Waals surface area (Å²) < 4.78 is 10.6. The van der Waals surface area contributed by atoms with Crippen molar-refractivity contribution < 1.29 is 19.1 Å². The van der Waals surface area contributed by atoms with E-state index in [0.717, 1.165) is 12.8 Å². The number of carbonyl (C=O) groups is 2. The zero-order chi connectivity index (χ0) is 14.8. The second-order valence-corrected chi connectivity index (χ2v) is 6.27. The lowest BCUT2D eigenvalue weighted by Gasteiger charge is -2.33. The molecule has 0 aromatic heterocycles. The summed E-state index contributed by atoms with van der Waals surface area (Å²) in [6.45, 7) is 8.46. The van der Waals surface area contributed by atoms with E-state index in [9.17, 15) is 9.59 Å². The normalized spacial score (nSPS) is 23.9. The molecule has 20 heavy (non-hydrogen) atoms. The molecule has 0 aromatic carbocycles. The van der Waals surface area contributed by atoms with Crippen LogP contribution in [-0.4, -0.2) is 66.3 Å². The van der Waals surface area contributed by atoms with Crippen molar-refractivity contribution in [1.82, 2.24) is 9.80 Å². The van der Waals surface area contributed by atoms with E-state index in [1.54, 1.807) is 9.80 Å². The van der Waals surface area contributed by atoms with Crippen LogP contribution in [0.3, 0.4) is 0 Å². The summed E-state index contributed by atoms with van der Waals surface area (Å²) in [6.07, 6.45) is 1.18. The Morgan fingerprint density at radius 2 is 1.80 bits per heavy atom. The van der Waals surface area contributed by atoms with Crippen molar-refractivity contribution in [2.45, 2.75) is 45.3 Å². The van der Waals surface area contributed by atoms with Crippen LogP contribution in [0.5, 0.6) is 0 Å². The first-order valence-electron chi connectivity index (χ1n) is 7.24. The number of morpholine rings is 1. The molecule has 6 heteroatoms. The summed E-state index contributed by atoms with van der Waals surface area (Å²) in [5, 5.41) is 0. The van der Waals surface area contributed by atoms with Crippen LogP contribution < -0.4 is 0 Å². The van der Waals surface area contributed by atoms with Crippen LogP contribution >= 0.6 is 0 Å². The Morgan fingerprint density at radius 1 is 1.15 bits per heavy atom. The molecule has 0 aliphatic carbocycles. The summed E-state index contributed by atoms with van der Waals surface area (Å²) in [5.41, 5.74) is -0.535. The summed E-state index contributed by atoms with van der Waals surface area (Å²) in [6, 6.07) is -0.372. The molecule has 0 radical (unpaired) electrons. The van der Waals surface area contributed by atoms with Gasteiger partial charge >= 0.3 is 6.09 Å². The Balaban J connectivity index is 1.99. The molecule has 2 aliphatic rings. The Bertz CT molecular complexity index is 372.